The van der Waals surface area contributed by atoms with Crippen LogP contribution in [0.2, 0.25) is 0 Å². The second kappa shape index (κ2) is 6.29. The van der Waals surface area contributed by atoms with Gasteiger partial charge in [-0.25, -0.2) is 0 Å². The van der Waals surface area contributed by atoms with Gasteiger partial charge in [-0.05, 0) is 48.6 Å². The van der Waals surface area contributed by atoms with Crippen LogP contribution in [-0.4, -0.2) is 15.5 Å². The molecule has 6 heteroatoms. The Morgan fingerprint density at radius 1 is 1.18 bits per heavy atom. The van der Waals surface area contributed by atoms with E-state index in [0.717, 1.165) is 10.2 Å². The zero-order valence-electron chi connectivity index (χ0n) is 11.4. The van der Waals surface area contributed by atoms with Crippen molar-refractivity contribution in [3.8, 4) is 5.69 Å². The molecule has 0 bridgehead atoms. The van der Waals surface area contributed by atoms with E-state index in [1.807, 2.05) is 47.2 Å². The molecule has 3 aromatic rings. The number of anilines is 1. The van der Waals surface area contributed by atoms with Gasteiger partial charge in [-0.1, -0.05) is 28.1 Å². The van der Waals surface area contributed by atoms with Crippen molar-refractivity contribution in [2.24, 2.45) is 0 Å². The molecule has 3 rings (SSSR count). The third-order valence-electron chi connectivity index (χ3n) is 3.12. The molecule has 0 fully saturated rings. The number of hydrogen-bond donors (Lipinski definition) is 2. The molecule has 0 aliphatic heterocycles. The highest BCUT2D eigenvalue weighted by atomic mass is 79.9. The van der Waals surface area contributed by atoms with Crippen molar-refractivity contribution < 1.29 is 4.79 Å². The number of benzene rings is 2. The molecule has 0 radical (unpaired) electrons. The largest absolute Gasteiger partial charge is 0.337 e. The number of aromatic nitrogens is 2. The van der Waals surface area contributed by atoms with Crippen molar-refractivity contribution in [2.45, 2.75) is 0 Å². The van der Waals surface area contributed by atoms with Crippen LogP contribution in [0, 0.1) is 4.77 Å². The number of nitrogens with zero attached hydrogens (tertiary/aromatic N) is 1. The molecule has 4 nitrogen and oxygen atoms in total. The smallest absolute Gasteiger partial charge is 0.255 e. The van der Waals surface area contributed by atoms with Gasteiger partial charge in [0.05, 0.1) is 0 Å². The molecule has 0 spiro atoms. The normalized spacial score (nSPS) is 10.4. The first-order chi connectivity index (χ1) is 10.6. The van der Waals surface area contributed by atoms with E-state index >= 15 is 0 Å². The van der Waals surface area contributed by atoms with Crippen LogP contribution in [0.4, 0.5) is 5.69 Å². The number of aromatic amines is 1. The minimum atomic E-state index is -0.156. The first-order valence-electron chi connectivity index (χ1n) is 6.57. The molecule has 110 valence electrons. The van der Waals surface area contributed by atoms with Crippen LogP contribution in [0.15, 0.2) is 65.4 Å². The standard InChI is InChI=1S/C16H12BrN3OS/c17-12-4-1-3-11(9-12)15(21)19-13-5-2-6-14(10-13)20-8-7-18-16(20)22/h1-10H,(H,18,22)(H,19,21). The Morgan fingerprint density at radius 3 is 2.73 bits per heavy atom. The Hall–Kier alpha value is -2.18. The number of imidazole rings is 1. The maximum atomic E-state index is 12.3. The average Bonchev–Trinajstić information content (AvgIpc) is 2.94. The van der Waals surface area contributed by atoms with Crippen LogP contribution in [-0.2, 0) is 0 Å². The summed E-state index contributed by atoms with van der Waals surface area (Å²) in [5.41, 5.74) is 2.20. The van der Waals surface area contributed by atoms with E-state index in [2.05, 4.69) is 26.2 Å². The van der Waals surface area contributed by atoms with Crippen molar-refractivity contribution in [1.82, 2.24) is 9.55 Å². The molecule has 0 saturated carbocycles. The van der Waals surface area contributed by atoms with E-state index in [1.54, 1.807) is 18.3 Å². The predicted molar refractivity (Wildman–Crippen MR) is 93.0 cm³/mol. The molecular formula is C16H12BrN3OS. The van der Waals surface area contributed by atoms with Crippen molar-refractivity contribution >= 4 is 39.7 Å². The van der Waals surface area contributed by atoms with Gasteiger partial charge in [0.15, 0.2) is 4.77 Å². The number of amides is 1. The quantitative estimate of drug-likeness (QED) is 0.661. The number of carbonyl (C=O) groups excluding carboxylic acids is 1. The van der Waals surface area contributed by atoms with E-state index in [-0.39, 0.29) is 5.91 Å². The third-order valence-corrected chi connectivity index (χ3v) is 3.93. The SMILES string of the molecule is O=C(Nc1cccc(-n2cc[nH]c2=S)c1)c1cccc(Br)c1. The fraction of sp³-hybridized carbons (Fsp3) is 0. The molecule has 1 amide bonds. The predicted octanol–water partition coefficient (Wildman–Crippen LogP) is 4.55. The molecular weight excluding hydrogens is 362 g/mol. The zero-order valence-corrected chi connectivity index (χ0v) is 13.8. The van der Waals surface area contributed by atoms with Crippen LogP contribution in [0.1, 0.15) is 10.4 Å². The summed E-state index contributed by atoms with van der Waals surface area (Å²) in [6, 6.07) is 14.8. The Balaban J connectivity index is 1.86. The van der Waals surface area contributed by atoms with Gasteiger partial charge in [-0.2, -0.15) is 0 Å². The second-order valence-electron chi connectivity index (χ2n) is 4.65. The molecule has 1 aromatic heterocycles. The number of rotatable bonds is 3. The third kappa shape index (κ3) is 3.18. The molecule has 2 aromatic carbocycles. The molecule has 1 heterocycles. The second-order valence-corrected chi connectivity index (χ2v) is 5.95. The van der Waals surface area contributed by atoms with Crippen molar-refractivity contribution in [3.63, 3.8) is 0 Å². The summed E-state index contributed by atoms with van der Waals surface area (Å²) < 4.78 is 3.31. The lowest BCUT2D eigenvalue weighted by atomic mass is 10.2. The average molecular weight is 374 g/mol. The van der Waals surface area contributed by atoms with E-state index in [1.165, 1.54) is 0 Å². The number of H-pyrrole nitrogens is 1. The summed E-state index contributed by atoms with van der Waals surface area (Å²) in [6.07, 6.45) is 3.62. The minimum absolute atomic E-state index is 0.156. The summed E-state index contributed by atoms with van der Waals surface area (Å²) in [6.45, 7) is 0. The van der Waals surface area contributed by atoms with Crippen LogP contribution in [0.5, 0.6) is 0 Å². The lowest BCUT2D eigenvalue weighted by molar-refractivity contribution is 0.102. The minimum Gasteiger partial charge on any atom is -0.337 e. The van der Waals surface area contributed by atoms with Gasteiger partial charge >= 0.3 is 0 Å². The first kappa shape index (κ1) is 14.7. The summed E-state index contributed by atoms with van der Waals surface area (Å²) in [5, 5.41) is 2.89. The van der Waals surface area contributed by atoms with Gasteiger partial charge < -0.3 is 10.3 Å². The van der Waals surface area contributed by atoms with E-state index in [9.17, 15) is 4.79 Å². The Bertz CT molecular complexity index is 885. The van der Waals surface area contributed by atoms with Crippen LogP contribution in [0.25, 0.3) is 5.69 Å². The van der Waals surface area contributed by atoms with Gasteiger partial charge in [-0.3, -0.25) is 9.36 Å². The molecule has 0 saturated heterocycles. The van der Waals surface area contributed by atoms with E-state index < -0.39 is 0 Å². The lowest BCUT2D eigenvalue weighted by Gasteiger charge is -2.08. The Kier molecular flexibility index (Phi) is 4.22. The van der Waals surface area contributed by atoms with Crippen molar-refractivity contribution in [2.75, 3.05) is 5.32 Å². The summed E-state index contributed by atoms with van der Waals surface area (Å²) >= 11 is 8.57. The highest BCUT2D eigenvalue weighted by Gasteiger charge is 2.07. The topological polar surface area (TPSA) is 49.8 Å². The van der Waals surface area contributed by atoms with Gasteiger partial charge in [-0.15, -0.1) is 0 Å². The fourth-order valence-corrected chi connectivity index (χ4v) is 2.72. The molecule has 0 aliphatic rings. The fourth-order valence-electron chi connectivity index (χ4n) is 2.09. The van der Waals surface area contributed by atoms with Crippen LogP contribution >= 0.6 is 28.1 Å². The van der Waals surface area contributed by atoms with Crippen LogP contribution in [0.3, 0.4) is 0 Å². The molecule has 22 heavy (non-hydrogen) atoms. The Morgan fingerprint density at radius 2 is 2.00 bits per heavy atom. The number of hydrogen-bond acceptors (Lipinski definition) is 2. The number of carbonyl (C=O) groups is 1. The highest BCUT2D eigenvalue weighted by Crippen LogP contribution is 2.17. The highest BCUT2D eigenvalue weighted by molar-refractivity contribution is 9.10. The van der Waals surface area contributed by atoms with Crippen molar-refractivity contribution in [1.29, 1.82) is 0 Å². The number of halogens is 1. The maximum absolute atomic E-state index is 12.3. The van der Waals surface area contributed by atoms with Gasteiger partial charge in [0, 0.05) is 33.8 Å². The monoisotopic (exact) mass is 373 g/mol. The maximum Gasteiger partial charge on any atom is 0.255 e. The lowest BCUT2D eigenvalue weighted by Crippen LogP contribution is -2.12. The summed E-state index contributed by atoms with van der Waals surface area (Å²) in [7, 11) is 0. The summed E-state index contributed by atoms with van der Waals surface area (Å²) in [4.78, 5) is 15.2. The number of nitrogens with one attached hydrogen (secondary N) is 2. The zero-order chi connectivity index (χ0) is 15.5. The van der Waals surface area contributed by atoms with E-state index in [0.29, 0.717) is 16.0 Å². The van der Waals surface area contributed by atoms with Gasteiger partial charge in [0.1, 0.15) is 0 Å². The van der Waals surface area contributed by atoms with Gasteiger partial charge in [0.2, 0.25) is 0 Å². The van der Waals surface area contributed by atoms with Crippen molar-refractivity contribution in [3.05, 3.63) is 75.7 Å². The molecule has 2 N–H and O–H groups in total. The van der Waals surface area contributed by atoms with Crippen LogP contribution < -0.4 is 5.32 Å². The summed E-state index contributed by atoms with van der Waals surface area (Å²) in [5.74, 6) is -0.156. The first-order valence-corrected chi connectivity index (χ1v) is 7.77. The molecule has 0 aliphatic carbocycles. The molecule has 0 unspecified atom stereocenters. The van der Waals surface area contributed by atoms with E-state index in [4.69, 9.17) is 12.2 Å². The van der Waals surface area contributed by atoms with Gasteiger partial charge in [0.25, 0.3) is 5.91 Å². The molecule has 0 atom stereocenters. The Labute approximate surface area is 140 Å².